The molecule has 2 aromatic rings. The normalized spacial score (nSPS) is 23.1. The summed E-state index contributed by atoms with van der Waals surface area (Å²) >= 11 is 8.07. The quantitative estimate of drug-likeness (QED) is 0.751. The molecule has 0 fully saturated rings. The Morgan fingerprint density at radius 3 is 2.80 bits per heavy atom. The smallest absolute Gasteiger partial charge is 0.0554 e. The van der Waals surface area contributed by atoms with E-state index in [-0.39, 0.29) is 0 Å². The van der Waals surface area contributed by atoms with Crippen LogP contribution in [0.1, 0.15) is 16.4 Å². The van der Waals surface area contributed by atoms with E-state index >= 15 is 0 Å². The molecular formula is C17H16ClNS. The molecule has 0 saturated heterocycles. The summed E-state index contributed by atoms with van der Waals surface area (Å²) in [5.74, 6) is 0.679. The van der Waals surface area contributed by atoms with Crippen molar-refractivity contribution in [2.24, 2.45) is 0 Å². The molecule has 0 radical (unpaired) electrons. The lowest BCUT2D eigenvalue weighted by Gasteiger charge is -2.40. The molecule has 1 nitrogen and oxygen atoms in total. The highest BCUT2D eigenvalue weighted by Crippen LogP contribution is 2.53. The van der Waals surface area contributed by atoms with Gasteiger partial charge in [0.05, 0.1) is 10.9 Å². The predicted octanol–water partition coefficient (Wildman–Crippen LogP) is 4.50. The molecule has 2 aliphatic rings. The summed E-state index contributed by atoms with van der Waals surface area (Å²) < 4.78 is 0. The molecule has 102 valence electrons. The molecule has 2 aromatic carbocycles. The van der Waals surface area contributed by atoms with Gasteiger partial charge in [-0.25, -0.2) is 0 Å². The fourth-order valence-electron chi connectivity index (χ4n) is 3.44. The lowest BCUT2D eigenvalue weighted by molar-refractivity contribution is 0.611. The lowest BCUT2D eigenvalue weighted by atomic mass is 10.1. The molecule has 0 amide bonds. The summed E-state index contributed by atoms with van der Waals surface area (Å²) in [5, 5.41) is 0.546. The number of hydrogen-bond donors (Lipinski definition) is 0. The van der Waals surface area contributed by atoms with Gasteiger partial charge in [0.2, 0.25) is 0 Å². The average Bonchev–Trinajstić information content (AvgIpc) is 2.86. The number of benzene rings is 2. The Hall–Kier alpha value is -1.12. The minimum absolute atomic E-state index is 0.546. The van der Waals surface area contributed by atoms with Gasteiger partial charge in [-0.2, -0.15) is 0 Å². The molecule has 0 spiro atoms. The SMILES string of the molecule is ClCCN1c2ccccc2S[C@@H]2c3ccccc3C[C@@H]21. The summed E-state index contributed by atoms with van der Waals surface area (Å²) in [6, 6.07) is 18.2. The summed E-state index contributed by atoms with van der Waals surface area (Å²) in [5.41, 5.74) is 4.37. The summed E-state index contributed by atoms with van der Waals surface area (Å²) in [6.45, 7) is 0.925. The van der Waals surface area contributed by atoms with Crippen LogP contribution in [0.2, 0.25) is 0 Å². The van der Waals surface area contributed by atoms with Gasteiger partial charge >= 0.3 is 0 Å². The first-order valence-electron chi connectivity index (χ1n) is 7.04. The Morgan fingerprint density at radius 1 is 1.10 bits per heavy atom. The molecule has 3 heteroatoms. The monoisotopic (exact) mass is 301 g/mol. The standard InChI is InChI=1S/C17H16ClNS/c18-9-10-19-14-7-3-4-8-16(14)20-17-13-6-2-1-5-12(13)11-15(17)19/h1-8,15,17H,9-11H2/t15-,17+/m0/s1. The van der Waals surface area contributed by atoms with E-state index in [1.807, 2.05) is 11.8 Å². The molecule has 0 unspecified atom stereocenters. The highest BCUT2D eigenvalue weighted by atomic mass is 35.5. The second kappa shape index (κ2) is 5.01. The van der Waals surface area contributed by atoms with Crippen molar-refractivity contribution in [2.45, 2.75) is 22.6 Å². The van der Waals surface area contributed by atoms with Crippen molar-refractivity contribution < 1.29 is 0 Å². The van der Waals surface area contributed by atoms with Crippen LogP contribution in [-0.2, 0) is 6.42 Å². The van der Waals surface area contributed by atoms with Gasteiger partial charge < -0.3 is 4.90 Å². The number of anilines is 1. The van der Waals surface area contributed by atoms with E-state index in [0.29, 0.717) is 17.2 Å². The molecule has 1 aliphatic heterocycles. The van der Waals surface area contributed by atoms with Crippen LogP contribution in [0.3, 0.4) is 0 Å². The van der Waals surface area contributed by atoms with Gasteiger partial charge in [0.1, 0.15) is 0 Å². The second-order valence-electron chi connectivity index (χ2n) is 5.36. The van der Waals surface area contributed by atoms with E-state index in [1.54, 1.807) is 0 Å². The molecule has 1 aliphatic carbocycles. The van der Waals surface area contributed by atoms with Crippen LogP contribution < -0.4 is 4.90 Å². The zero-order chi connectivity index (χ0) is 13.5. The van der Waals surface area contributed by atoms with Crippen LogP contribution >= 0.6 is 23.4 Å². The molecular weight excluding hydrogens is 286 g/mol. The van der Waals surface area contributed by atoms with Crippen LogP contribution in [-0.4, -0.2) is 18.5 Å². The maximum Gasteiger partial charge on any atom is 0.0554 e. The maximum atomic E-state index is 6.05. The summed E-state index contributed by atoms with van der Waals surface area (Å²) in [7, 11) is 0. The van der Waals surface area contributed by atoms with Crippen molar-refractivity contribution >= 4 is 29.1 Å². The van der Waals surface area contributed by atoms with Gasteiger partial charge in [0.15, 0.2) is 0 Å². The Kier molecular flexibility index (Phi) is 3.16. The molecule has 1 heterocycles. The van der Waals surface area contributed by atoms with E-state index in [2.05, 4.69) is 53.4 Å². The molecule has 0 aromatic heterocycles. The molecule has 20 heavy (non-hydrogen) atoms. The molecule has 0 N–H and O–H groups in total. The van der Waals surface area contributed by atoms with Crippen LogP contribution in [0.25, 0.3) is 0 Å². The van der Waals surface area contributed by atoms with Crippen molar-refractivity contribution in [1.82, 2.24) is 0 Å². The second-order valence-corrected chi connectivity index (χ2v) is 6.92. The van der Waals surface area contributed by atoms with Gasteiger partial charge in [-0.1, -0.05) is 36.4 Å². The van der Waals surface area contributed by atoms with Crippen molar-refractivity contribution in [3.63, 3.8) is 0 Å². The maximum absolute atomic E-state index is 6.05. The van der Waals surface area contributed by atoms with E-state index in [0.717, 1.165) is 13.0 Å². The number of rotatable bonds is 2. The van der Waals surface area contributed by atoms with Gasteiger partial charge in [-0.3, -0.25) is 0 Å². The number of fused-ring (bicyclic) bond motifs is 4. The largest absolute Gasteiger partial charge is 0.365 e. The molecule has 2 atom stereocenters. The van der Waals surface area contributed by atoms with Gasteiger partial charge in [0, 0.05) is 23.4 Å². The number of halogens is 1. The average molecular weight is 302 g/mol. The Bertz CT molecular complexity index is 642. The Balaban J connectivity index is 1.81. The molecule has 0 saturated carbocycles. The number of hydrogen-bond acceptors (Lipinski definition) is 2. The number of alkyl halides is 1. The molecule has 0 bridgehead atoms. The summed E-state index contributed by atoms with van der Waals surface area (Å²) in [6.07, 6.45) is 1.14. The van der Waals surface area contributed by atoms with Crippen molar-refractivity contribution in [2.75, 3.05) is 17.3 Å². The summed E-state index contributed by atoms with van der Waals surface area (Å²) in [4.78, 5) is 3.90. The first-order chi connectivity index (χ1) is 9.88. The molecule has 4 rings (SSSR count). The minimum atomic E-state index is 0.546. The third kappa shape index (κ3) is 1.86. The van der Waals surface area contributed by atoms with Crippen molar-refractivity contribution in [3.05, 3.63) is 59.7 Å². The number of thioether (sulfide) groups is 1. The van der Waals surface area contributed by atoms with Crippen molar-refractivity contribution in [3.8, 4) is 0 Å². The van der Waals surface area contributed by atoms with E-state index in [1.165, 1.54) is 21.7 Å². The minimum Gasteiger partial charge on any atom is -0.365 e. The van der Waals surface area contributed by atoms with E-state index in [9.17, 15) is 0 Å². The van der Waals surface area contributed by atoms with Gasteiger partial charge in [-0.05, 0) is 29.7 Å². The van der Waals surface area contributed by atoms with Gasteiger partial charge in [-0.15, -0.1) is 23.4 Å². The highest BCUT2D eigenvalue weighted by Gasteiger charge is 2.40. The van der Waals surface area contributed by atoms with E-state index in [4.69, 9.17) is 11.6 Å². The zero-order valence-corrected chi connectivity index (χ0v) is 12.7. The number of para-hydroxylation sites is 1. The topological polar surface area (TPSA) is 3.24 Å². The third-order valence-corrected chi connectivity index (χ3v) is 5.88. The Morgan fingerprint density at radius 2 is 1.90 bits per heavy atom. The fourth-order valence-corrected chi connectivity index (χ4v) is 5.12. The fraction of sp³-hybridized carbons (Fsp3) is 0.294. The predicted molar refractivity (Wildman–Crippen MR) is 87.0 cm³/mol. The lowest BCUT2D eigenvalue weighted by Crippen LogP contribution is -2.41. The first kappa shape index (κ1) is 12.6. The van der Waals surface area contributed by atoms with Crippen molar-refractivity contribution in [1.29, 1.82) is 0 Å². The van der Waals surface area contributed by atoms with Crippen LogP contribution in [0.5, 0.6) is 0 Å². The number of nitrogens with zero attached hydrogens (tertiary/aromatic N) is 1. The first-order valence-corrected chi connectivity index (χ1v) is 8.46. The van der Waals surface area contributed by atoms with Crippen LogP contribution in [0.15, 0.2) is 53.4 Å². The Labute approximate surface area is 128 Å². The third-order valence-electron chi connectivity index (χ3n) is 4.29. The van der Waals surface area contributed by atoms with Gasteiger partial charge in [0.25, 0.3) is 0 Å². The van der Waals surface area contributed by atoms with Crippen LogP contribution in [0.4, 0.5) is 5.69 Å². The highest BCUT2D eigenvalue weighted by molar-refractivity contribution is 7.99. The van der Waals surface area contributed by atoms with E-state index < -0.39 is 0 Å². The van der Waals surface area contributed by atoms with Crippen LogP contribution in [0, 0.1) is 0 Å². The zero-order valence-electron chi connectivity index (χ0n) is 11.1.